The van der Waals surface area contributed by atoms with Gasteiger partial charge in [0.2, 0.25) is 0 Å². The van der Waals surface area contributed by atoms with E-state index in [1.807, 2.05) is 4.57 Å². The summed E-state index contributed by atoms with van der Waals surface area (Å²) in [5.41, 5.74) is 3.40. The van der Waals surface area contributed by atoms with E-state index < -0.39 is 0 Å². The second-order valence-corrected chi connectivity index (χ2v) is 4.67. The highest BCUT2D eigenvalue weighted by atomic mass is 16.5. The third kappa shape index (κ3) is 1.36. The van der Waals surface area contributed by atoms with E-state index in [0.29, 0.717) is 12.0 Å². The second kappa shape index (κ2) is 3.72. The number of methoxy groups -OCH3 is 1. The Labute approximate surface area is 99.6 Å². The molecular formula is C13H15NO3. The van der Waals surface area contributed by atoms with Crippen molar-refractivity contribution in [3.63, 3.8) is 0 Å². The second-order valence-electron chi connectivity index (χ2n) is 4.67. The molecule has 0 amide bonds. The van der Waals surface area contributed by atoms with Crippen LogP contribution in [0.5, 0.6) is 0 Å². The minimum atomic E-state index is -0.286. The van der Waals surface area contributed by atoms with Crippen molar-refractivity contribution in [2.24, 2.45) is 0 Å². The smallest absolute Gasteiger partial charge is 0.339 e. The highest BCUT2D eigenvalue weighted by Gasteiger charge is 2.34. The topological polar surface area (TPSA) is 48.3 Å². The molecule has 1 aliphatic carbocycles. The molecule has 4 heteroatoms. The lowest BCUT2D eigenvalue weighted by Crippen LogP contribution is -2.15. The lowest BCUT2D eigenvalue weighted by Gasteiger charge is -2.13. The molecule has 2 heterocycles. The fraction of sp³-hybridized carbons (Fsp3) is 0.538. The van der Waals surface area contributed by atoms with Crippen molar-refractivity contribution in [2.45, 2.75) is 38.6 Å². The van der Waals surface area contributed by atoms with Gasteiger partial charge in [-0.3, -0.25) is 4.79 Å². The van der Waals surface area contributed by atoms with Crippen LogP contribution in [-0.2, 0) is 24.1 Å². The predicted molar refractivity (Wildman–Crippen MR) is 61.4 cm³/mol. The van der Waals surface area contributed by atoms with Gasteiger partial charge in [-0.1, -0.05) is 0 Å². The number of ketones is 1. The lowest BCUT2D eigenvalue weighted by molar-refractivity contribution is 0.0598. The zero-order valence-electron chi connectivity index (χ0n) is 9.91. The number of aromatic nitrogens is 1. The average molecular weight is 233 g/mol. The van der Waals surface area contributed by atoms with Crippen LogP contribution in [0.2, 0.25) is 0 Å². The molecule has 0 bridgehead atoms. The third-order valence-corrected chi connectivity index (χ3v) is 3.75. The summed E-state index contributed by atoms with van der Waals surface area (Å²) in [6.45, 7) is 0.862. The molecule has 0 radical (unpaired) electrons. The molecule has 4 nitrogen and oxygen atoms in total. The van der Waals surface area contributed by atoms with Gasteiger partial charge < -0.3 is 9.30 Å². The molecule has 0 unspecified atom stereocenters. The zero-order chi connectivity index (χ0) is 12.0. The van der Waals surface area contributed by atoms with E-state index in [4.69, 9.17) is 4.74 Å². The molecule has 0 fully saturated rings. The first-order chi connectivity index (χ1) is 8.24. The van der Waals surface area contributed by atoms with Crippen LogP contribution in [0.3, 0.4) is 0 Å². The number of nitrogens with zero attached hydrogens (tertiary/aromatic N) is 1. The normalized spacial score (nSPS) is 17.8. The number of carbonyl (C=O) groups excluding carboxylic acids is 2. The van der Waals surface area contributed by atoms with E-state index >= 15 is 0 Å². The van der Waals surface area contributed by atoms with Crippen LogP contribution < -0.4 is 0 Å². The summed E-state index contributed by atoms with van der Waals surface area (Å²) in [6, 6.07) is 0. The summed E-state index contributed by atoms with van der Waals surface area (Å²) in [6.07, 6.45) is 4.17. The molecule has 0 N–H and O–H groups in total. The quantitative estimate of drug-likeness (QED) is 0.694. The number of esters is 1. The maximum Gasteiger partial charge on any atom is 0.339 e. The van der Waals surface area contributed by atoms with Crippen LogP contribution in [0.25, 0.3) is 0 Å². The van der Waals surface area contributed by atoms with Crippen molar-refractivity contribution in [1.29, 1.82) is 0 Å². The molecule has 0 saturated carbocycles. The van der Waals surface area contributed by atoms with Crippen molar-refractivity contribution in [3.8, 4) is 0 Å². The van der Waals surface area contributed by atoms with Gasteiger partial charge in [0.1, 0.15) is 0 Å². The summed E-state index contributed by atoms with van der Waals surface area (Å²) < 4.78 is 6.90. The Morgan fingerprint density at radius 3 is 2.82 bits per heavy atom. The summed E-state index contributed by atoms with van der Waals surface area (Å²) in [5, 5.41) is 0. The summed E-state index contributed by atoms with van der Waals surface area (Å²) in [4.78, 5) is 23.9. The maximum absolute atomic E-state index is 12.0. The van der Waals surface area contributed by atoms with Crippen molar-refractivity contribution in [2.75, 3.05) is 7.11 Å². The molecule has 17 heavy (non-hydrogen) atoms. The number of Topliss-reactive ketones (excluding diaryl/α,β-unsaturated/α-hetero) is 1. The molecule has 1 aromatic rings. The average Bonchev–Trinajstić information content (AvgIpc) is 2.87. The number of ether oxygens (including phenoxy) is 1. The van der Waals surface area contributed by atoms with E-state index in [1.54, 1.807) is 0 Å². The van der Waals surface area contributed by atoms with E-state index in [2.05, 4.69) is 0 Å². The van der Waals surface area contributed by atoms with E-state index in [1.165, 1.54) is 7.11 Å². The molecule has 1 aliphatic heterocycles. The molecular weight excluding hydrogens is 218 g/mol. The Bertz CT molecular complexity index is 513. The molecule has 90 valence electrons. The zero-order valence-corrected chi connectivity index (χ0v) is 9.91. The maximum atomic E-state index is 12.0. The van der Waals surface area contributed by atoms with Crippen molar-refractivity contribution in [1.82, 2.24) is 4.57 Å². The van der Waals surface area contributed by atoms with Gasteiger partial charge in [0.15, 0.2) is 5.78 Å². The Balaban J connectivity index is 2.25. The lowest BCUT2D eigenvalue weighted by atomic mass is 9.92. The minimum Gasteiger partial charge on any atom is -0.465 e. The largest absolute Gasteiger partial charge is 0.465 e. The van der Waals surface area contributed by atoms with Gasteiger partial charge in [-0.15, -0.1) is 0 Å². The number of rotatable bonds is 1. The Morgan fingerprint density at radius 1 is 1.24 bits per heavy atom. The Kier molecular flexibility index (Phi) is 2.31. The van der Waals surface area contributed by atoms with Gasteiger partial charge in [-0.2, -0.15) is 0 Å². The summed E-state index contributed by atoms with van der Waals surface area (Å²) >= 11 is 0. The van der Waals surface area contributed by atoms with Crippen molar-refractivity contribution < 1.29 is 14.3 Å². The SMILES string of the molecule is COC(=O)c1c2c(n3c1CCC3)C(=O)CCC2. The molecule has 2 aliphatic rings. The third-order valence-electron chi connectivity index (χ3n) is 3.75. The molecule has 0 saturated heterocycles. The minimum absolute atomic E-state index is 0.185. The van der Waals surface area contributed by atoms with Gasteiger partial charge in [0, 0.05) is 18.7 Å². The van der Waals surface area contributed by atoms with E-state index in [-0.39, 0.29) is 11.8 Å². The predicted octanol–water partition coefficient (Wildman–Crippen LogP) is 1.74. The van der Waals surface area contributed by atoms with Crippen molar-refractivity contribution >= 4 is 11.8 Å². The van der Waals surface area contributed by atoms with Gasteiger partial charge in [-0.05, 0) is 31.2 Å². The molecule has 3 rings (SSSR count). The van der Waals surface area contributed by atoms with Gasteiger partial charge >= 0.3 is 5.97 Å². The van der Waals surface area contributed by atoms with Crippen LogP contribution in [0.4, 0.5) is 0 Å². The van der Waals surface area contributed by atoms with E-state index in [9.17, 15) is 9.59 Å². The van der Waals surface area contributed by atoms with Gasteiger partial charge in [0.05, 0.1) is 18.4 Å². The van der Waals surface area contributed by atoms with Crippen LogP contribution in [-0.4, -0.2) is 23.4 Å². The standard InChI is InChI=1S/C13H15NO3/c1-17-13(16)11-8-4-2-6-10(15)12(8)14-7-3-5-9(11)14/h2-7H2,1H3. The fourth-order valence-electron chi connectivity index (χ4n) is 3.09. The highest BCUT2D eigenvalue weighted by Crippen LogP contribution is 2.34. The number of carbonyl (C=O) groups is 2. The number of hydrogen-bond acceptors (Lipinski definition) is 3. The first-order valence-electron chi connectivity index (χ1n) is 6.09. The van der Waals surface area contributed by atoms with Crippen LogP contribution in [0.1, 0.15) is 51.4 Å². The van der Waals surface area contributed by atoms with E-state index in [0.717, 1.165) is 49.2 Å². The fourth-order valence-corrected chi connectivity index (χ4v) is 3.09. The van der Waals surface area contributed by atoms with Gasteiger partial charge in [-0.25, -0.2) is 4.79 Å². The monoisotopic (exact) mass is 233 g/mol. The van der Waals surface area contributed by atoms with Crippen LogP contribution in [0, 0.1) is 0 Å². The molecule has 0 atom stereocenters. The first kappa shape index (κ1) is 10.6. The molecule has 0 spiro atoms. The Morgan fingerprint density at radius 2 is 2.06 bits per heavy atom. The summed E-state index contributed by atoms with van der Waals surface area (Å²) in [5.74, 6) is -0.101. The molecule has 1 aromatic heterocycles. The van der Waals surface area contributed by atoms with Crippen molar-refractivity contribution in [3.05, 3.63) is 22.5 Å². The Hall–Kier alpha value is -1.58. The number of hydrogen-bond donors (Lipinski definition) is 0. The first-order valence-corrected chi connectivity index (χ1v) is 6.09. The van der Waals surface area contributed by atoms with Crippen LogP contribution in [0.15, 0.2) is 0 Å². The molecule has 0 aromatic carbocycles. The highest BCUT2D eigenvalue weighted by molar-refractivity contribution is 6.03. The number of fused-ring (bicyclic) bond motifs is 3. The van der Waals surface area contributed by atoms with Crippen LogP contribution >= 0.6 is 0 Å². The van der Waals surface area contributed by atoms with Gasteiger partial charge in [0.25, 0.3) is 0 Å². The summed E-state index contributed by atoms with van der Waals surface area (Å²) in [7, 11) is 1.40.